The van der Waals surface area contributed by atoms with Crippen molar-refractivity contribution in [2.24, 2.45) is 5.73 Å². The Morgan fingerprint density at radius 3 is 2.00 bits per heavy atom. The van der Waals surface area contributed by atoms with Crippen LogP contribution in [0.25, 0.3) is 0 Å². The average molecular weight is 365 g/mol. The highest BCUT2D eigenvalue weighted by molar-refractivity contribution is 7.10. The Labute approximate surface area is 155 Å². The van der Waals surface area contributed by atoms with E-state index in [0.717, 1.165) is 16.0 Å². The summed E-state index contributed by atoms with van der Waals surface area (Å²) in [4.78, 5) is 24.9. The number of amides is 3. The largest absolute Gasteiger partial charge is 0.351 e. The normalized spacial score (nSPS) is 12.9. The number of nitrogens with one attached hydrogen (secondary N) is 2. The van der Waals surface area contributed by atoms with Crippen molar-refractivity contribution in [3.63, 3.8) is 0 Å². The molecule has 6 heteroatoms. The lowest BCUT2D eigenvalue weighted by atomic mass is 10.0. The number of benzene rings is 2. The maximum atomic E-state index is 12.6. The van der Waals surface area contributed by atoms with Gasteiger partial charge in [0.05, 0.1) is 6.04 Å². The molecule has 4 N–H and O–H groups in total. The first-order valence-corrected chi connectivity index (χ1v) is 9.03. The van der Waals surface area contributed by atoms with Gasteiger partial charge in [-0.2, -0.15) is 0 Å². The van der Waals surface area contributed by atoms with Gasteiger partial charge in [-0.25, -0.2) is 4.79 Å². The third-order valence-corrected chi connectivity index (χ3v) is 4.87. The van der Waals surface area contributed by atoms with Gasteiger partial charge in [0.25, 0.3) is 0 Å². The smallest absolute Gasteiger partial charge is 0.318 e. The van der Waals surface area contributed by atoms with Gasteiger partial charge in [-0.3, -0.25) is 15.4 Å². The van der Waals surface area contributed by atoms with Crippen LogP contribution in [0.5, 0.6) is 0 Å². The van der Waals surface area contributed by atoms with Crippen LogP contribution in [0.15, 0.2) is 78.2 Å². The molecule has 132 valence electrons. The van der Waals surface area contributed by atoms with Crippen LogP contribution >= 0.6 is 11.3 Å². The van der Waals surface area contributed by atoms with Crippen molar-refractivity contribution < 1.29 is 9.59 Å². The summed E-state index contributed by atoms with van der Waals surface area (Å²) in [7, 11) is 0. The van der Waals surface area contributed by atoms with Gasteiger partial charge in [0.1, 0.15) is 6.04 Å². The summed E-state index contributed by atoms with van der Waals surface area (Å²) in [6.45, 7) is 0. The SMILES string of the molecule is NC(=O)NC(=O)[C@@H](N[C@@H](c1ccccc1)c1cccs1)c1ccccc1. The molecule has 0 radical (unpaired) electrons. The molecule has 0 unspecified atom stereocenters. The maximum absolute atomic E-state index is 12.6. The molecular weight excluding hydrogens is 346 g/mol. The standard InChI is InChI=1S/C20H19N3O2S/c21-20(25)23-19(24)18(15-10-5-2-6-11-15)22-17(16-12-7-13-26-16)14-8-3-1-4-9-14/h1-13,17-18,22H,(H3,21,23,24,25)/t17-,18-/m0/s1. The minimum Gasteiger partial charge on any atom is -0.351 e. The van der Waals surface area contributed by atoms with E-state index >= 15 is 0 Å². The molecule has 2 atom stereocenters. The van der Waals surface area contributed by atoms with Gasteiger partial charge in [0, 0.05) is 4.88 Å². The molecule has 3 aromatic rings. The van der Waals surface area contributed by atoms with Crippen LogP contribution in [0.1, 0.15) is 28.1 Å². The first-order valence-electron chi connectivity index (χ1n) is 8.15. The van der Waals surface area contributed by atoms with Gasteiger partial charge in [-0.05, 0) is 22.6 Å². The zero-order chi connectivity index (χ0) is 18.4. The van der Waals surface area contributed by atoms with Crippen LogP contribution in [0.2, 0.25) is 0 Å². The average Bonchev–Trinajstić information content (AvgIpc) is 3.17. The van der Waals surface area contributed by atoms with Gasteiger partial charge in [-0.1, -0.05) is 66.7 Å². The number of primary amides is 1. The topological polar surface area (TPSA) is 84.2 Å². The van der Waals surface area contributed by atoms with E-state index in [0.29, 0.717) is 0 Å². The van der Waals surface area contributed by atoms with Crippen LogP contribution in [-0.2, 0) is 4.79 Å². The van der Waals surface area contributed by atoms with Crippen molar-refractivity contribution in [1.29, 1.82) is 0 Å². The highest BCUT2D eigenvalue weighted by Crippen LogP contribution is 2.29. The number of hydrogen-bond donors (Lipinski definition) is 3. The molecule has 0 fully saturated rings. The van der Waals surface area contributed by atoms with Gasteiger partial charge in [-0.15, -0.1) is 11.3 Å². The Bertz CT molecular complexity index is 851. The summed E-state index contributed by atoms with van der Waals surface area (Å²) in [6.07, 6.45) is 0. The van der Waals surface area contributed by atoms with Gasteiger partial charge >= 0.3 is 6.03 Å². The maximum Gasteiger partial charge on any atom is 0.318 e. The summed E-state index contributed by atoms with van der Waals surface area (Å²) in [5.74, 6) is -0.485. The highest BCUT2D eigenvalue weighted by Gasteiger charge is 2.26. The number of imide groups is 1. The number of carbonyl (C=O) groups excluding carboxylic acids is 2. The predicted octanol–water partition coefficient (Wildman–Crippen LogP) is 3.36. The van der Waals surface area contributed by atoms with E-state index in [-0.39, 0.29) is 6.04 Å². The van der Waals surface area contributed by atoms with Gasteiger partial charge in [0.15, 0.2) is 0 Å². The summed E-state index contributed by atoms with van der Waals surface area (Å²) in [6, 6.07) is 21.3. The molecule has 0 aliphatic heterocycles. The molecule has 26 heavy (non-hydrogen) atoms. The van der Waals surface area contributed by atoms with Crippen molar-refractivity contribution in [3.8, 4) is 0 Å². The van der Waals surface area contributed by atoms with Crippen molar-refractivity contribution in [2.45, 2.75) is 12.1 Å². The van der Waals surface area contributed by atoms with E-state index in [1.54, 1.807) is 11.3 Å². The second-order valence-electron chi connectivity index (χ2n) is 5.72. The summed E-state index contributed by atoms with van der Waals surface area (Å²) < 4.78 is 0. The zero-order valence-electron chi connectivity index (χ0n) is 14.0. The van der Waals surface area contributed by atoms with E-state index in [4.69, 9.17) is 5.73 Å². The summed E-state index contributed by atoms with van der Waals surface area (Å²) in [5, 5.41) is 7.56. The summed E-state index contributed by atoms with van der Waals surface area (Å²) in [5.41, 5.74) is 6.93. The quantitative estimate of drug-likeness (QED) is 0.626. The van der Waals surface area contributed by atoms with E-state index in [1.165, 1.54) is 0 Å². The van der Waals surface area contributed by atoms with E-state index in [1.807, 2.05) is 78.2 Å². The minimum absolute atomic E-state index is 0.194. The number of urea groups is 1. The number of rotatable bonds is 6. The Balaban J connectivity index is 1.97. The monoisotopic (exact) mass is 365 g/mol. The molecular formula is C20H19N3O2S. The molecule has 3 amide bonds. The Kier molecular flexibility index (Phi) is 5.78. The Morgan fingerprint density at radius 1 is 0.846 bits per heavy atom. The van der Waals surface area contributed by atoms with E-state index < -0.39 is 18.0 Å². The number of carbonyl (C=O) groups is 2. The second-order valence-corrected chi connectivity index (χ2v) is 6.70. The molecule has 5 nitrogen and oxygen atoms in total. The molecule has 1 heterocycles. The van der Waals surface area contributed by atoms with Crippen molar-refractivity contribution >= 4 is 23.3 Å². The number of thiophene rings is 1. The fraction of sp³-hybridized carbons (Fsp3) is 0.100. The Hall–Kier alpha value is -2.96. The lowest BCUT2D eigenvalue weighted by molar-refractivity contribution is -0.122. The molecule has 1 aromatic heterocycles. The summed E-state index contributed by atoms with van der Waals surface area (Å²) >= 11 is 1.60. The van der Waals surface area contributed by atoms with Crippen LogP contribution in [-0.4, -0.2) is 11.9 Å². The second kappa shape index (κ2) is 8.42. The van der Waals surface area contributed by atoms with Crippen molar-refractivity contribution in [3.05, 3.63) is 94.2 Å². The first kappa shape index (κ1) is 17.8. The van der Waals surface area contributed by atoms with E-state index in [2.05, 4.69) is 10.6 Å². The molecule has 0 saturated heterocycles. The van der Waals surface area contributed by atoms with Crippen LogP contribution in [0.4, 0.5) is 4.79 Å². The number of hydrogen-bond acceptors (Lipinski definition) is 4. The number of nitrogens with two attached hydrogens (primary N) is 1. The Morgan fingerprint density at radius 2 is 1.46 bits per heavy atom. The fourth-order valence-corrected chi connectivity index (χ4v) is 3.58. The third-order valence-electron chi connectivity index (χ3n) is 3.94. The fourth-order valence-electron chi connectivity index (χ4n) is 2.77. The molecule has 0 spiro atoms. The lowest BCUT2D eigenvalue weighted by Crippen LogP contribution is -2.44. The highest BCUT2D eigenvalue weighted by atomic mass is 32.1. The molecule has 0 saturated carbocycles. The lowest BCUT2D eigenvalue weighted by Gasteiger charge is -2.25. The van der Waals surface area contributed by atoms with E-state index in [9.17, 15) is 9.59 Å². The predicted molar refractivity (Wildman–Crippen MR) is 103 cm³/mol. The molecule has 2 aromatic carbocycles. The van der Waals surface area contributed by atoms with Gasteiger partial charge < -0.3 is 5.73 Å². The van der Waals surface area contributed by atoms with Crippen molar-refractivity contribution in [2.75, 3.05) is 0 Å². The van der Waals surface area contributed by atoms with Crippen molar-refractivity contribution in [1.82, 2.24) is 10.6 Å². The van der Waals surface area contributed by atoms with Crippen LogP contribution in [0, 0.1) is 0 Å². The van der Waals surface area contributed by atoms with Gasteiger partial charge in [0.2, 0.25) is 5.91 Å². The minimum atomic E-state index is -0.870. The third kappa shape index (κ3) is 4.36. The molecule has 0 bridgehead atoms. The molecule has 3 rings (SSSR count). The van der Waals surface area contributed by atoms with Crippen LogP contribution < -0.4 is 16.4 Å². The van der Waals surface area contributed by atoms with Crippen LogP contribution in [0.3, 0.4) is 0 Å². The molecule has 0 aliphatic rings. The first-order chi connectivity index (χ1) is 12.6. The zero-order valence-corrected chi connectivity index (χ0v) is 14.8. The molecule has 0 aliphatic carbocycles.